The van der Waals surface area contributed by atoms with E-state index in [1.807, 2.05) is 0 Å². The molecule has 1 aliphatic heterocycles. The van der Waals surface area contributed by atoms with Crippen LogP contribution in [0.2, 0.25) is 0 Å². The molecule has 1 saturated carbocycles. The second-order valence-corrected chi connectivity index (χ2v) is 13.0. The van der Waals surface area contributed by atoms with E-state index in [1.54, 1.807) is 18.2 Å². The van der Waals surface area contributed by atoms with Crippen LogP contribution >= 0.6 is 11.3 Å². The molecule has 1 aromatic carbocycles. The molecule has 0 radical (unpaired) electrons. The van der Waals surface area contributed by atoms with Gasteiger partial charge in [0, 0.05) is 24.6 Å². The second kappa shape index (κ2) is 16.2. The van der Waals surface area contributed by atoms with Gasteiger partial charge in [0.2, 0.25) is 5.91 Å². The Balaban J connectivity index is 1.46. The summed E-state index contributed by atoms with van der Waals surface area (Å²) in [7, 11) is 5.66. The topological polar surface area (TPSA) is 241 Å². The molecule has 0 bridgehead atoms. The van der Waals surface area contributed by atoms with Gasteiger partial charge < -0.3 is 57.3 Å². The third-order valence-corrected chi connectivity index (χ3v) is 9.03. The number of nitrogens with zero attached hydrogens (tertiary/aromatic N) is 3. The zero-order valence-electron chi connectivity index (χ0n) is 27.3. The lowest BCUT2D eigenvalue weighted by Gasteiger charge is -2.35. The zero-order chi connectivity index (χ0) is 35.0. The third kappa shape index (κ3) is 10.4. The number of para-hydroxylation sites is 1. The van der Waals surface area contributed by atoms with Crippen molar-refractivity contribution in [2.75, 3.05) is 52.7 Å². The maximum absolute atomic E-state index is 12.9. The maximum Gasteiger partial charge on any atom is 0.369 e. The highest BCUT2D eigenvalue weighted by Gasteiger charge is 2.30. The number of allylic oxidation sites excluding steroid dienone is 1. The SMILES string of the molecule is COc1c(NC(/C=C(\N)NC(=O)C2CC2)=C(/N)C(=O)NC(O)(O)O)cccc1-c1ncc(C(=O)NCCCN2CCC(N(C)C)CC2)s1. The van der Waals surface area contributed by atoms with E-state index in [1.165, 1.54) is 36.0 Å². The smallest absolute Gasteiger partial charge is 0.369 e. The number of rotatable bonds is 15. The van der Waals surface area contributed by atoms with Gasteiger partial charge in [0.25, 0.3) is 11.8 Å². The average Bonchev–Trinajstić information content (AvgIpc) is 3.78. The van der Waals surface area contributed by atoms with E-state index >= 15 is 0 Å². The van der Waals surface area contributed by atoms with Gasteiger partial charge in [0.1, 0.15) is 21.4 Å². The highest BCUT2D eigenvalue weighted by atomic mass is 32.1. The molecule has 11 N–H and O–H groups in total. The van der Waals surface area contributed by atoms with Crippen LogP contribution in [0.1, 0.15) is 41.8 Å². The van der Waals surface area contributed by atoms with Crippen molar-refractivity contribution in [3.8, 4) is 16.3 Å². The lowest BCUT2D eigenvalue weighted by atomic mass is 10.0. The first-order valence-corrected chi connectivity index (χ1v) is 16.4. The molecule has 2 heterocycles. The Bertz CT molecular complexity index is 1520. The van der Waals surface area contributed by atoms with Crippen molar-refractivity contribution in [3.05, 3.63) is 52.6 Å². The van der Waals surface area contributed by atoms with Crippen molar-refractivity contribution in [2.24, 2.45) is 17.4 Å². The van der Waals surface area contributed by atoms with Crippen molar-refractivity contribution in [1.82, 2.24) is 30.7 Å². The lowest BCUT2D eigenvalue weighted by molar-refractivity contribution is -0.325. The van der Waals surface area contributed by atoms with Gasteiger partial charge in [0.15, 0.2) is 5.75 Å². The van der Waals surface area contributed by atoms with E-state index in [0.717, 1.165) is 51.7 Å². The fourth-order valence-electron chi connectivity index (χ4n) is 5.23. The summed E-state index contributed by atoms with van der Waals surface area (Å²) >= 11 is 1.17. The standard InChI is InChI=1S/C31H45N9O7S/c1-39(2)19-10-14-40(15-11-19)13-5-12-34-28(42)23-17-35-30(48-23)20-6-4-7-21(26(20)47-3)36-22(25(33)29(43)38-31(44,45)46)16-24(32)37-27(41)18-8-9-18/h4,6-7,16-19,36,44-46H,5,8-15,32-33H2,1-3H3,(H,34,42)(H,37,41)(H,38,43)/b24-16+,25-22+. The molecular formula is C31H45N9O7S. The number of hydrogen-bond acceptors (Lipinski definition) is 14. The van der Waals surface area contributed by atoms with Gasteiger partial charge in [-0.25, -0.2) is 4.98 Å². The number of amides is 3. The van der Waals surface area contributed by atoms with Gasteiger partial charge in [0.05, 0.1) is 30.3 Å². The number of ether oxygens (including phenoxy) is 1. The van der Waals surface area contributed by atoms with E-state index in [9.17, 15) is 29.7 Å². The molecule has 2 fully saturated rings. The Kier molecular flexibility index (Phi) is 12.4. The Labute approximate surface area is 282 Å². The minimum atomic E-state index is -3.54. The number of hydrogen-bond donors (Lipinski definition) is 9. The highest BCUT2D eigenvalue weighted by Crippen LogP contribution is 2.39. The van der Waals surface area contributed by atoms with Crippen LogP contribution < -0.4 is 37.5 Å². The van der Waals surface area contributed by atoms with Crippen molar-refractivity contribution >= 4 is 34.7 Å². The van der Waals surface area contributed by atoms with Gasteiger partial charge in [-0.2, -0.15) is 0 Å². The molecule has 262 valence electrons. The molecule has 0 unspecified atom stereocenters. The molecule has 2 aliphatic rings. The van der Waals surface area contributed by atoms with Gasteiger partial charge in [-0.15, -0.1) is 11.3 Å². The Morgan fingerprint density at radius 3 is 2.48 bits per heavy atom. The van der Waals surface area contributed by atoms with Crippen LogP contribution in [0.3, 0.4) is 0 Å². The maximum atomic E-state index is 12.9. The van der Waals surface area contributed by atoms with Crippen LogP contribution in [-0.4, -0.2) is 107 Å². The van der Waals surface area contributed by atoms with Gasteiger partial charge in [-0.3, -0.25) is 19.7 Å². The fraction of sp³-hybridized carbons (Fsp3) is 0.484. The number of benzene rings is 1. The van der Waals surface area contributed by atoms with Crippen LogP contribution in [0.4, 0.5) is 5.69 Å². The van der Waals surface area contributed by atoms with E-state index in [0.29, 0.717) is 28.0 Å². The van der Waals surface area contributed by atoms with Crippen molar-refractivity contribution < 1.29 is 34.4 Å². The van der Waals surface area contributed by atoms with Gasteiger partial charge in [-0.1, -0.05) is 6.07 Å². The number of aliphatic hydroxyl groups is 3. The molecule has 16 nitrogen and oxygen atoms in total. The van der Waals surface area contributed by atoms with Crippen LogP contribution in [0, 0.1) is 5.92 Å². The van der Waals surface area contributed by atoms with Crippen molar-refractivity contribution in [1.29, 1.82) is 0 Å². The van der Waals surface area contributed by atoms with Crippen molar-refractivity contribution in [3.63, 3.8) is 0 Å². The summed E-state index contributed by atoms with van der Waals surface area (Å²) in [6, 6.07) is 5.65. The Morgan fingerprint density at radius 1 is 1.15 bits per heavy atom. The number of likely N-dealkylation sites (tertiary alicyclic amines) is 1. The summed E-state index contributed by atoms with van der Waals surface area (Å²) in [4.78, 5) is 47.3. The van der Waals surface area contributed by atoms with Crippen molar-refractivity contribution in [2.45, 2.75) is 44.2 Å². The number of nitrogens with two attached hydrogens (primary N) is 2. The molecule has 4 rings (SSSR count). The summed E-state index contributed by atoms with van der Waals surface area (Å²) in [5.41, 5.74) is 12.1. The molecule has 1 saturated heterocycles. The minimum Gasteiger partial charge on any atom is -0.494 e. The predicted molar refractivity (Wildman–Crippen MR) is 180 cm³/mol. The first-order valence-electron chi connectivity index (χ1n) is 15.6. The number of carbonyl (C=O) groups excluding carboxylic acids is 3. The zero-order valence-corrected chi connectivity index (χ0v) is 28.1. The summed E-state index contributed by atoms with van der Waals surface area (Å²) in [6.45, 7) is 3.56. The van der Waals surface area contributed by atoms with Crippen LogP contribution in [0.25, 0.3) is 10.6 Å². The first kappa shape index (κ1) is 36.6. The molecule has 1 aliphatic carbocycles. The number of aromatic nitrogens is 1. The van der Waals surface area contributed by atoms with Crippen LogP contribution in [0.15, 0.2) is 47.7 Å². The number of nitrogens with one attached hydrogen (secondary N) is 4. The van der Waals surface area contributed by atoms with E-state index in [2.05, 4.69) is 44.8 Å². The molecule has 1 aromatic heterocycles. The largest absolute Gasteiger partial charge is 0.494 e. The van der Waals surface area contributed by atoms with Crippen LogP contribution in [0.5, 0.6) is 5.75 Å². The molecule has 2 aromatic rings. The second-order valence-electron chi connectivity index (χ2n) is 12.0. The highest BCUT2D eigenvalue weighted by molar-refractivity contribution is 7.17. The molecule has 0 atom stereocenters. The number of piperidine rings is 1. The molecule has 0 spiro atoms. The summed E-state index contributed by atoms with van der Waals surface area (Å²) in [5, 5.41) is 38.1. The summed E-state index contributed by atoms with van der Waals surface area (Å²) in [5.74, 6) is -1.82. The predicted octanol–water partition coefficient (Wildman–Crippen LogP) is -0.422. The lowest BCUT2D eigenvalue weighted by Crippen LogP contribution is -2.50. The molecule has 48 heavy (non-hydrogen) atoms. The normalized spacial score (nSPS) is 16.7. The quantitative estimate of drug-likeness (QED) is 0.0501. The Morgan fingerprint density at radius 2 is 1.85 bits per heavy atom. The summed E-state index contributed by atoms with van der Waals surface area (Å²) < 4.78 is 5.68. The van der Waals surface area contributed by atoms with E-state index in [4.69, 9.17) is 16.2 Å². The number of methoxy groups -OCH3 is 1. The first-order chi connectivity index (χ1) is 22.8. The molecular weight excluding hydrogens is 642 g/mol. The van der Waals surface area contributed by atoms with E-state index in [-0.39, 0.29) is 40.7 Å². The number of anilines is 1. The number of carbonyl (C=O) groups is 3. The molecule has 17 heteroatoms. The monoisotopic (exact) mass is 687 g/mol. The Hall–Kier alpha value is -4.26. The molecule has 3 amide bonds. The minimum absolute atomic E-state index is 0.145. The average molecular weight is 688 g/mol. The van der Waals surface area contributed by atoms with Crippen LogP contribution in [-0.2, 0) is 9.59 Å². The fourth-order valence-corrected chi connectivity index (χ4v) is 6.08. The van der Waals surface area contributed by atoms with Gasteiger partial charge in [-0.05, 0) is 78.0 Å². The van der Waals surface area contributed by atoms with Gasteiger partial charge >= 0.3 is 6.10 Å². The third-order valence-electron chi connectivity index (χ3n) is 8.00. The number of thiazole rings is 1. The van der Waals surface area contributed by atoms with E-state index < -0.39 is 17.7 Å². The summed E-state index contributed by atoms with van der Waals surface area (Å²) in [6.07, 6.45) is 3.71.